The summed E-state index contributed by atoms with van der Waals surface area (Å²) in [5.41, 5.74) is 2.57. The molecule has 21 heavy (non-hydrogen) atoms. The maximum atomic E-state index is 6.23. The zero-order valence-electron chi connectivity index (χ0n) is 12.9. The Morgan fingerprint density at radius 2 is 1.71 bits per heavy atom. The van der Waals surface area contributed by atoms with Crippen molar-refractivity contribution in [3.63, 3.8) is 0 Å². The first kappa shape index (κ1) is 16.1. The normalized spacial score (nSPS) is 11.6. The molecule has 0 atom stereocenters. The first-order chi connectivity index (χ1) is 9.68. The second kappa shape index (κ2) is 5.82. The lowest BCUT2D eigenvalue weighted by atomic mass is 9.95. The Morgan fingerprint density at radius 1 is 1.05 bits per heavy atom. The van der Waals surface area contributed by atoms with Gasteiger partial charge in [-0.3, -0.25) is 0 Å². The van der Waals surface area contributed by atoms with Crippen LogP contribution in [0.2, 0.25) is 10.2 Å². The van der Waals surface area contributed by atoms with Crippen molar-refractivity contribution in [2.24, 2.45) is 0 Å². The van der Waals surface area contributed by atoms with Crippen molar-refractivity contribution in [2.45, 2.75) is 40.0 Å². The van der Waals surface area contributed by atoms with Crippen molar-refractivity contribution >= 4 is 34.7 Å². The summed E-state index contributed by atoms with van der Waals surface area (Å²) in [7, 11) is 0. The van der Waals surface area contributed by atoms with Gasteiger partial charge in [-0.2, -0.15) is 0 Å². The molecule has 1 heterocycles. The molecule has 0 aliphatic rings. The van der Waals surface area contributed by atoms with E-state index in [1.54, 1.807) is 0 Å². The Hall–Kier alpha value is -1.32. The van der Waals surface area contributed by atoms with Crippen molar-refractivity contribution in [3.05, 3.63) is 45.3 Å². The standard InChI is InChI=1S/C16H19Cl2N3/c1-9-6-7-11(8-12(9)17)19-14-10(2)13(18)20-15(21-14)16(3,4)5/h6-8H,1-5H3,(H,19,20,21). The number of nitrogens with one attached hydrogen (secondary N) is 1. The van der Waals surface area contributed by atoms with Crippen molar-refractivity contribution in [1.29, 1.82) is 0 Å². The lowest BCUT2D eigenvalue weighted by Gasteiger charge is -2.19. The molecule has 0 radical (unpaired) electrons. The highest BCUT2D eigenvalue weighted by molar-refractivity contribution is 6.31. The van der Waals surface area contributed by atoms with Gasteiger partial charge >= 0.3 is 0 Å². The zero-order valence-corrected chi connectivity index (χ0v) is 14.4. The Labute approximate surface area is 135 Å². The van der Waals surface area contributed by atoms with E-state index in [-0.39, 0.29) is 5.41 Å². The van der Waals surface area contributed by atoms with Crippen LogP contribution in [0.3, 0.4) is 0 Å². The molecule has 0 aliphatic carbocycles. The minimum atomic E-state index is -0.168. The van der Waals surface area contributed by atoms with E-state index in [1.165, 1.54) is 0 Å². The molecule has 1 N–H and O–H groups in total. The third-order valence-electron chi connectivity index (χ3n) is 3.19. The number of hydrogen-bond acceptors (Lipinski definition) is 3. The van der Waals surface area contributed by atoms with Gasteiger partial charge in [0.25, 0.3) is 0 Å². The maximum absolute atomic E-state index is 6.23. The van der Waals surface area contributed by atoms with Crippen LogP contribution in [0.15, 0.2) is 18.2 Å². The number of halogens is 2. The number of benzene rings is 1. The molecule has 0 amide bonds. The van der Waals surface area contributed by atoms with Crippen LogP contribution in [0.1, 0.15) is 37.7 Å². The third-order valence-corrected chi connectivity index (χ3v) is 3.97. The largest absolute Gasteiger partial charge is 0.340 e. The first-order valence-corrected chi connectivity index (χ1v) is 7.52. The molecule has 0 saturated heterocycles. The molecular formula is C16H19Cl2N3. The molecule has 5 heteroatoms. The van der Waals surface area contributed by atoms with Gasteiger partial charge in [0.15, 0.2) is 0 Å². The predicted octanol–water partition coefficient (Wildman–Crippen LogP) is 5.44. The van der Waals surface area contributed by atoms with Crippen molar-refractivity contribution in [2.75, 3.05) is 5.32 Å². The van der Waals surface area contributed by atoms with Gasteiger partial charge in [-0.1, -0.05) is 50.0 Å². The molecule has 0 saturated carbocycles. The number of hydrogen-bond donors (Lipinski definition) is 1. The van der Waals surface area contributed by atoms with E-state index in [2.05, 4.69) is 36.1 Å². The van der Waals surface area contributed by atoms with E-state index >= 15 is 0 Å². The molecule has 0 bridgehead atoms. The van der Waals surface area contributed by atoms with E-state index in [1.807, 2.05) is 32.0 Å². The number of aryl methyl sites for hydroxylation is 1. The molecule has 1 aromatic carbocycles. The van der Waals surface area contributed by atoms with Crippen molar-refractivity contribution in [1.82, 2.24) is 9.97 Å². The molecule has 1 aromatic heterocycles. The van der Waals surface area contributed by atoms with Crippen LogP contribution in [0.25, 0.3) is 0 Å². The van der Waals surface area contributed by atoms with Crippen LogP contribution in [0.5, 0.6) is 0 Å². The van der Waals surface area contributed by atoms with Gasteiger partial charge in [0, 0.05) is 21.7 Å². The fourth-order valence-electron chi connectivity index (χ4n) is 1.75. The van der Waals surface area contributed by atoms with E-state index in [4.69, 9.17) is 23.2 Å². The summed E-state index contributed by atoms with van der Waals surface area (Å²) in [4.78, 5) is 8.97. The van der Waals surface area contributed by atoms with E-state index in [9.17, 15) is 0 Å². The molecule has 2 rings (SSSR count). The molecule has 0 spiro atoms. The third kappa shape index (κ3) is 3.66. The predicted molar refractivity (Wildman–Crippen MR) is 90.0 cm³/mol. The van der Waals surface area contributed by atoms with Crippen LogP contribution < -0.4 is 5.32 Å². The highest BCUT2D eigenvalue weighted by Gasteiger charge is 2.20. The lowest BCUT2D eigenvalue weighted by Crippen LogP contribution is -2.17. The van der Waals surface area contributed by atoms with E-state index in [0.29, 0.717) is 21.8 Å². The summed E-state index contributed by atoms with van der Waals surface area (Å²) in [6, 6.07) is 5.81. The van der Waals surface area contributed by atoms with Crippen LogP contribution in [-0.4, -0.2) is 9.97 Å². The van der Waals surface area contributed by atoms with Gasteiger partial charge in [-0.05, 0) is 31.5 Å². The highest BCUT2D eigenvalue weighted by atomic mass is 35.5. The summed E-state index contributed by atoms with van der Waals surface area (Å²) >= 11 is 12.4. The average molecular weight is 324 g/mol. The van der Waals surface area contributed by atoms with Gasteiger partial charge in [0.2, 0.25) is 0 Å². The summed E-state index contributed by atoms with van der Waals surface area (Å²) in [5.74, 6) is 1.42. The number of rotatable bonds is 2. The summed E-state index contributed by atoms with van der Waals surface area (Å²) in [6.45, 7) is 10.0. The van der Waals surface area contributed by atoms with Crippen molar-refractivity contribution in [3.8, 4) is 0 Å². The second-order valence-electron chi connectivity index (χ2n) is 6.15. The fraction of sp³-hybridized carbons (Fsp3) is 0.375. The van der Waals surface area contributed by atoms with Crippen LogP contribution >= 0.6 is 23.2 Å². The van der Waals surface area contributed by atoms with Crippen LogP contribution in [-0.2, 0) is 5.41 Å². The van der Waals surface area contributed by atoms with Crippen molar-refractivity contribution < 1.29 is 0 Å². The maximum Gasteiger partial charge on any atom is 0.138 e. The SMILES string of the molecule is Cc1ccc(Nc2nc(C(C)(C)C)nc(Cl)c2C)cc1Cl. The van der Waals surface area contributed by atoms with Gasteiger partial charge in [0.1, 0.15) is 16.8 Å². The smallest absolute Gasteiger partial charge is 0.138 e. The Balaban J connectivity index is 2.43. The molecule has 0 unspecified atom stereocenters. The minimum Gasteiger partial charge on any atom is -0.340 e. The average Bonchev–Trinajstić information content (AvgIpc) is 2.38. The van der Waals surface area contributed by atoms with Crippen LogP contribution in [0, 0.1) is 13.8 Å². The quantitative estimate of drug-likeness (QED) is 0.747. The molecule has 0 fully saturated rings. The summed E-state index contributed by atoms with van der Waals surface area (Å²) in [5, 5.41) is 4.46. The van der Waals surface area contributed by atoms with E-state index < -0.39 is 0 Å². The Bertz CT molecular complexity index is 676. The first-order valence-electron chi connectivity index (χ1n) is 6.76. The molecule has 112 valence electrons. The number of anilines is 2. The summed E-state index contributed by atoms with van der Waals surface area (Å²) < 4.78 is 0. The lowest BCUT2D eigenvalue weighted by molar-refractivity contribution is 0.545. The Kier molecular flexibility index (Phi) is 4.45. The van der Waals surface area contributed by atoms with Crippen LogP contribution in [0.4, 0.5) is 11.5 Å². The molecule has 0 aliphatic heterocycles. The second-order valence-corrected chi connectivity index (χ2v) is 6.92. The molecular weight excluding hydrogens is 305 g/mol. The fourth-order valence-corrected chi connectivity index (χ4v) is 2.10. The number of nitrogens with zero attached hydrogens (tertiary/aromatic N) is 2. The number of aromatic nitrogens is 2. The Morgan fingerprint density at radius 3 is 2.29 bits per heavy atom. The monoisotopic (exact) mass is 323 g/mol. The van der Waals surface area contributed by atoms with E-state index in [0.717, 1.165) is 16.8 Å². The minimum absolute atomic E-state index is 0.168. The van der Waals surface area contributed by atoms with Gasteiger partial charge < -0.3 is 5.32 Å². The van der Waals surface area contributed by atoms with Gasteiger partial charge in [-0.15, -0.1) is 0 Å². The highest BCUT2D eigenvalue weighted by Crippen LogP contribution is 2.29. The molecule has 3 nitrogen and oxygen atoms in total. The van der Waals surface area contributed by atoms with Gasteiger partial charge in [0.05, 0.1) is 0 Å². The topological polar surface area (TPSA) is 37.8 Å². The van der Waals surface area contributed by atoms with Gasteiger partial charge in [-0.25, -0.2) is 9.97 Å². The summed E-state index contributed by atoms with van der Waals surface area (Å²) in [6.07, 6.45) is 0. The zero-order chi connectivity index (χ0) is 15.8. The molecule has 2 aromatic rings.